The van der Waals surface area contributed by atoms with E-state index in [1.165, 1.54) is 11.1 Å². The molecule has 0 aliphatic carbocycles. The first-order valence-corrected chi connectivity index (χ1v) is 7.85. The maximum atomic E-state index is 6.02. The van der Waals surface area contributed by atoms with E-state index in [1.807, 2.05) is 41.8 Å². The number of terminal acetylenes is 1. The van der Waals surface area contributed by atoms with Crippen molar-refractivity contribution in [2.45, 2.75) is 27.1 Å². The fourth-order valence-electron chi connectivity index (χ4n) is 2.63. The zero-order chi connectivity index (χ0) is 16.9. The maximum absolute atomic E-state index is 6.02. The molecule has 0 atom stereocenters. The second-order valence-electron chi connectivity index (χ2n) is 5.62. The third-order valence-corrected chi connectivity index (χ3v) is 3.98. The Morgan fingerprint density at radius 2 is 1.96 bits per heavy atom. The molecule has 0 radical (unpaired) electrons. The zero-order valence-corrected chi connectivity index (χ0v) is 14.0. The Hall–Kier alpha value is -2.77. The van der Waals surface area contributed by atoms with Gasteiger partial charge in [0.15, 0.2) is 11.4 Å². The van der Waals surface area contributed by atoms with Crippen LogP contribution in [0.15, 0.2) is 42.6 Å². The molecule has 0 saturated carbocycles. The highest BCUT2D eigenvalue weighted by molar-refractivity contribution is 5.56. The van der Waals surface area contributed by atoms with Gasteiger partial charge >= 0.3 is 0 Å². The van der Waals surface area contributed by atoms with Gasteiger partial charge in [-0.2, -0.15) is 0 Å². The maximum Gasteiger partial charge on any atom is 0.180 e. The molecule has 0 N–H and O–H groups in total. The average Bonchev–Trinajstić information content (AvgIpc) is 2.91. The van der Waals surface area contributed by atoms with Gasteiger partial charge in [-0.1, -0.05) is 30.2 Å². The largest absolute Gasteiger partial charge is 0.485 e. The molecule has 0 bridgehead atoms. The van der Waals surface area contributed by atoms with Crippen LogP contribution < -0.4 is 4.74 Å². The number of hydrogen-bond donors (Lipinski definition) is 0. The van der Waals surface area contributed by atoms with Crippen molar-refractivity contribution in [3.05, 3.63) is 65.1 Å². The molecule has 0 saturated heterocycles. The lowest BCUT2D eigenvalue weighted by Crippen LogP contribution is -2.01. The number of rotatable bonds is 6. The molecule has 122 valence electrons. The lowest BCUT2D eigenvalue weighted by molar-refractivity contribution is 0.149. The summed E-state index contributed by atoms with van der Waals surface area (Å²) < 4.78 is 13.5. The molecule has 4 heteroatoms. The van der Waals surface area contributed by atoms with Gasteiger partial charge in [-0.25, -0.2) is 4.98 Å². The summed E-state index contributed by atoms with van der Waals surface area (Å²) in [4.78, 5) is 4.63. The molecule has 24 heavy (non-hydrogen) atoms. The van der Waals surface area contributed by atoms with Gasteiger partial charge in [-0.15, -0.1) is 6.42 Å². The fourth-order valence-corrected chi connectivity index (χ4v) is 2.63. The van der Waals surface area contributed by atoms with Crippen molar-refractivity contribution in [1.29, 1.82) is 0 Å². The Bertz CT molecular complexity index is 890. The van der Waals surface area contributed by atoms with Crippen molar-refractivity contribution >= 4 is 5.65 Å². The molecule has 0 amide bonds. The summed E-state index contributed by atoms with van der Waals surface area (Å²) in [6, 6.07) is 12.1. The quantitative estimate of drug-likeness (QED) is 0.513. The van der Waals surface area contributed by atoms with E-state index >= 15 is 0 Å². The molecule has 0 unspecified atom stereocenters. The Balaban J connectivity index is 1.85. The van der Waals surface area contributed by atoms with Crippen LogP contribution in [0.3, 0.4) is 0 Å². The van der Waals surface area contributed by atoms with Crippen LogP contribution in [0.5, 0.6) is 5.75 Å². The fraction of sp³-hybridized carbons (Fsp3) is 0.250. The first-order chi connectivity index (χ1) is 11.7. The highest BCUT2D eigenvalue weighted by atomic mass is 16.5. The minimum absolute atomic E-state index is 0.288. The van der Waals surface area contributed by atoms with Gasteiger partial charge in [0.25, 0.3) is 0 Å². The zero-order valence-electron chi connectivity index (χ0n) is 14.0. The lowest BCUT2D eigenvalue weighted by atomic mass is 10.1. The third-order valence-electron chi connectivity index (χ3n) is 3.98. The van der Waals surface area contributed by atoms with E-state index in [0.29, 0.717) is 13.2 Å². The van der Waals surface area contributed by atoms with Crippen LogP contribution in [0.25, 0.3) is 5.65 Å². The normalized spacial score (nSPS) is 10.7. The molecule has 0 spiro atoms. The third kappa shape index (κ3) is 3.27. The van der Waals surface area contributed by atoms with E-state index in [0.717, 1.165) is 22.8 Å². The molecule has 0 fully saturated rings. The second-order valence-corrected chi connectivity index (χ2v) is 5.62. The van der Waals surface area contributed by atoms with Gasteiger partial charge in [0.2, 0.25) is 0 Å². The van der Waals surface area contributed by atoms with Crippen molar-refractivity contribution in [3.8, 4) is 18.1 Å². The SMILES string of the molecule is C#CCOCc1c(C)nc2c(OCc3ccccc3C)cccn12. The Kier molecular flexibility index (Phi) is 4.83. The Morgan fingerprint density at radius 3 is 2.75 bits per heavy atom. The van der Waals surface area contributed by atoms with Crippen molar-refractivity contribution in [2.24, 2.45) is 0 Å². The first kappa shape index (κ1) is 16.1. The van der Waals surface area contributed by atoms with Crippen LogP contribution in [0.1, 0.15) is 22.5 Å². The topological polar surface area (TPSA) is 35.8 Å². The molecular weight excluding hydrogens is 300 g/mol. The van der Waals surface area contributed by atoms with Crippen molar-refractivity contribution < 1.29 is 9.47 Å². The summed E-state index contributed by atoms with van der Waals surface area (Å²) in [7, 11) is 0. The predicted molar refractivity (Wildman–Crippen MR) is 93.9 cm³/mol. The molecule has 1 aromatic carbocycles. The van der Waals surface area contributed by atoms with Crippen LogP contribution in [-0.2, 0) is 18.0 Å². The summed E-state index contributed by atoms with van der Waals surface area (Å²) in [5.41, 5.74) is 5.08. The number of pyridine rings is 1. The summed E-state index contributed by atoms with van der Waals surface area (Å²) in [5.74, 6) is 3.23. The van der Waals surface area contributed by atoms with E-state index in [1.54, 1.807) is 0 Å². The van der Waals surface area contributed by atoms with Crippen LogP contribution >= 0.6 is 0 Å². The highest BCUT2D eigenvalue weighted by Gasteiger charge is 2.13. The van der Waals surface area contributed by atoms with E-state index in [2.05, 4.69) is 30.0 Å². The van der Waals surface area contributed by atoms with Crippen molar-refractivity contribution in [3.63, 3.8) is 0 Å². The Labute approximate surface area is 142 Å². The number of aryl methyl sites for hydroxylation is 2. The molecule has 0 aliphatic rings. The monoisotopic (exact) mass is 320 g/mol. The number of aromatic nitrogens is 2. The molecule has 0 aliphatic heterocycles. The van der Waals surface area contributed by atoms with Gasteiger partial charge in [0, 0.05) is 6.20 Å². The minimum Gasteiger partial charge on any atom is -0.485 e. The summed E-state index contributed by atoms with van der Waals surface area (Å²) in [5, 5.41) is 0. The highest BCUT2D eigenvalue weighted by Crippen LogP contribution is 2.23. The summed E-state index contributed by atoms with van der Waals surface area (Å²) in [6.07, 6.45) is 7.20. The number of fused-ring (bicyclic) bond motifs is 1. The van der Waals surface area contributed by atoms with Gasteiger partial charge < -0.3 is 9.47 Å². The number of imidazole rings is 1. The number of nitrogens with zero attached hydrogens (tertiary/aromatic N) is 2. The standard InChI is InChI=1S/C20H20N2O2/c1-4-12-23-14-18-16(3)21-20-19(10-7-11-22(18)20)24-13-17-9-6-5-8-15(17)2/h1,5-11H,12-14H2,2-3H3. The molecule has 2 aromatic heterocycles. The van der Waals surface area contributed by atoms with E-state index in [-0.39, 0.29) is 6.61 Å². The molecule has 4 nitrogen and oxygen atoms in total. The van der Waals surface area contributed by atoms with Crippen LogP contribution in [0, 0.1) is 26.2 Å². The lowest BCUT2D eigenvalue weighted by Gasteiger charge is -2.10. The van der Waals surface area contributed by atoms with Crippen molar-refractivity contribution in [1.82, 2.24) is 9.38 Å². The average molecular weight is 320 g/mol. The second kappa shape index (κ2) is 7.20. The van der Waals surface area contributed by atoms with E-state index in [4.69, 9.17) is 15.9 Å². The van der Waals surface area contributed by atoms with Gasteiger partial charge in [0.05, 0.1) is 18.0 Å². The molecule has 3 rings (SSSR count). The number of benzene rings is 1. The van der Waals surface area contributed by atoms with Gasteiger partial charge in [-0.3, -0.25) is 4.40 Å². The minimum atomic E-state index is 0.288. The number of ether oxygens (including phenoxy) is 2. The van der Waals surface area contributed by atoms with Gasteiger partial charge in [0.1, 0.15) is 13.2 Å². The predicted octanol–water partition coefficient (Wildman–Crippen LogP) is 3.68. The van der Waals surface area contributed by atoms with Crippen LogP contribution in [-0.4, -0.2) is 16.0 Å². The van der Waals surface area contributed by atoms with E-state index in [9.17, 15) is 0 Å². The Morgan fingerprint density at radius 1 is 1.12 bits per heavy atom. The smallest absolute Gasteiger partial charge is 0.180 e. The first-order valence-electron chi connectivity index (χ1n) is 7.85. The molecular formula is C20H20N2O2. The number of hydrogen-bond acceptors (Lipinski definition) is 3. The van der Waals surface area contributed by atoms with Crippen LogP contribution in [0.2, 0.25) is 0 Å². The summed E-state index contributed by atoms with van der Waals surface area (Å²) >= 11 is 0. The van der Waals surface area contributed by atoms with Gasteiger partial charge in [-0.05, 0) is 37.1 Å². The van der Waals surface area contributed by atoms with E-state index < -0.39 is 0 Å². The molecule has 2 heterocycles. The van der Waals surface area contributed by atoms with Crippen molar-refractivity contribution in [2.75, 3.05) is 6.61 Å². The molecule has 3 aromatic rings. The van der Waals surface area contributed by atoms with Crippen LogP contribution in [0.4, 0.5) is 0 Å². The summed E-state index contributed by atoms with van der Waals surface area (Å²) in [6.45, 7) is 5.28.